The molecule has 0 amide bonds. The van der Waals surface area contributed by atoms with Crippen molar-refractivity contribution < 1.29 is 4.74 Å². The summed E-state index contributed by atoms with van der Waals surface area (Å²) < 4.78 is 8.04. The van der Waals surface area contributed by atoms with E-state index in [1.165, 1.54) is 10.4 Å². The second-order valence-electron chi connectivity index (χ2n) is 6.87. The number of benzene rings is 1. The molecule has 0 unspecified atom stereocenters. The zero-order chi connectivity index (χ0) is 18.4. The molecular formula is C20H19N5OS. The van der Waals surface area contributed by atoms with Gasteiger partial charge < -0.3 is 4.74 Å². The first-order valence-corrected chi connectivity index (χ1v) is 9.81. The number of aromatic nitrogens is 5. The maximum Gasteiger partial charge on any atom is 0.168 e. The first-order chi connectivity index (χ1) is 13.2. The minimum atomic E-state index is 0.276. The van der Waals surface area contributed by atoms with Gasteiger partial charge in [0.2, 0.25) is 0 Å². The van der Waals surface area contributed by atoms with Crippen LogP contribution in [-0.4, -0.2) is 31.6 Å². The van der Waals surface area contributed by atoms with E-state index in [9.17, 15) is 0 Å². The van der Waals surface area contributed by atoms with Crippen LogP contribution < -0.4 is 4.74 Å². The van der Waals surface area contributed by atoms with E-state index in [0.29, 0.717) is 6.61 Å². The molecule has 5 rings (SSSR count). The molecule has 1 aliphatic rings. The lowest BCUT2D eigenvalue weighted by Gasteiger charge is -2.10. The summed E-state index contributed by atoms with van der Waals surface area (Å²) in [5.74, 6) is 1.85. The van der Waals surface area contributed by atoms with Gasteiger partial charge in [-0.3, -0.25) is 5.10 Å². The summed E-state index contributed by atoms with van der Waals surface area (Å²) in [5.41, 5.74) is 4.52. The van der Waals surface area contributed by atoms with Crippen LogP contribution in [0.3, 0.4) is 0 Å². The van der Waals surface area contributed by atoms with Gasteiger partial charge in [0.05, 0.1) is 17.7 Å². The lowest BCUT2D eigenvalue weighted by Crippen LogP contribution is -2.04. The molecule has 6 nitrogen and oxygen atoms in total. The van der Waals surface area contributed by atoms with Crippen LogP contribution in [0.4, 0.5) is 0 Å². The number of ether oxygens (including phenoxy) is 1. The Morgan fingerprint density at radius 1 is 1.19 bits per heavy atom. The molecule has 0 bridgehead atoms. The Hall–Kier alpha value is -2.93. The highest BCUT2D eigenvalue weighted by Gasteiger charge is 2.22. The predicted octanol–water partition coefficient (Wildman–Crippen LogP) is 4.58. The Morgan fingerprint density at radius 2 is 2.11 bits per heavy atom. The third-order valence-corrected chi connectivity index (χ3v) is 5.97. The van der Waals surface area contributed by atoms with Crippen LogP contribution in [0, 0.1) is 0 Å². The molecule has 0 atom stereocenters. The monoisotopic (exact) mass is 377 g/mol. The number of nitrogens with one attached hydrogen (secondary N) is 1. The fourth-order valence-electron chi connectivity index (χ4n) is 3.46. The van der Waals surface area contributed by atoms with Gasteiger partial charge in [-0.1, -0.05) is 6.07 Å². The van der Waals surface area contributed by atoms with E-state index < -0.39 is 0 Å². The second kappa shape index (κ2) is 6.35. The van der Waals surface area contributed by atoms with E-state index in [-0.39, 0.29) is 6.04 Å². The molecular weight excluding hydrogens is 358 g/mol. The molecule has 27 heavy (non-hydrogen) atoms. The van der Waals surface area contributed by atoms with Crippen molar-refractivity contribution in [3.8, 4) is 38.7 Å². The second-order valence-corrected chi connectivity index (χ2v) is 8.00. The Kier molecular flexibility index (Phi) is 3.82. The van der Waals surface area contributed by atoms with E-state index in [1.54, 1.807) is 17.7 Å². The SMILES string of the molecule is CC(C)n1ncnc1-c1cc2c(s1)CCOc1cc(-c3cn[nH]c3)ccc1-2. The molecule has 4 aromatic rings. The average molecular weight is 377 g/mol. The van der Waals surface area contributed by atoms with Gasteiger partial charge in [0.25, 0.3) is 0 Å². The van der Waals surface area contributed by atoms with E-state index in [2.05, 4.69) is 58.4 Å². The van der Waals surface area contributed by atoms with Crippen molar-refractivity contribution in [2.45, 2.75) is 26.3 Å². The van der Waals surface area contributed by atoms with Crippen molar-refractivity contribution in [1.29, 1.82) is 0 Å². The van der Waals surface area contributed by atoms with Gasteiger partial charge in [0.15, 0.2) is 5.82 Å². The summed E-state index contributed by atoms with van der Waals surface area (Å²) in [6, 6.07) is 8.87. The highest BCUT2D eigenvalue weighted by molar-refractivity contribution is 7.16. The number of H-pyrrole nitrogens is 1. The highest BCUT2D eigenvalue weighted by Crippen LogP contribution is 2.43. The molecule has 4 heterocycles. The van der Waals surface area contributed by atoms with E-state index in [4.69, 9.17) is 4.74 Å². The van der Waals surface area contributed by atoms with E-state index >= 15 is 0 Å². The fraction of sp³-hybridized carbons (Fsp3) is 0.250. The van der Waals surface area contributed by atoms with Crippen LogP contribution in [0.5, 0.6) is 5.75 Å². The fourth-order valence-corrected chi connectivity index (χ4v) is 4.61. The number of hydrogen-bond donors (Lipinski definition) is 1. The summed E-state index contributed by atoms with van der Waals surface area (Å²) in [7, 11) is 0. The first kappa shape index (κ1) is 16.3. The highest BCUT2D eigenvalue weighted by atomic mass is 32.1. The smallest absolute Gasteiger partial charge is 0.168 e. The molecule has 0 aliphatic carbocycles. The zero-order valence-electron chi connectivity index (χ0n) is 15.1. The topological polar surface area (TPSA) is 68.6 Å². The van der Waals surface area contributed by atoms with Gasteiger partial charge in [-0.15, -0.1) is 11.3 Å². The van der Waals surface area contributed by atoms with E-state index in [1.807, 2.05) is 17.1 Å². The number of nitrogens with zero attached hydrogens (tertiary/aromatic N) is 4. The molecule has 0 saturated carbocycles. The predicted molar refractivity (Wildman–Crippen MR) is 106 cm³/mol. The largest absolute Gasteiger partial charge is 0.493 e. The number of hydrogen-bond acceptors (Lipinski definition) is 5. The number of thiophene rings is 1. The van der Waals surface area contributed by atoms with Crippen molar-refractivity contribution in [3.63, 3.8) is 0 Å². The molecule has 7 heteroatoms. The van der Waals surface area contributed by atoms with Gasteiger partial charge in [0.1, 0.15) is 12.1 Å². The minimum absolute atomic E-state index is 0.276. The molecule has 0 radical (unpaired) electrons. The van der Waals surface area contributed by atoms with Crippen molar-refractivity contribution in [2.24, 2.45) is 0 Å². The van der Waals surface area contributed by atoms with Crippen molar-refractivity contribution in [2.75, 3.05) is 6.61 Å². The minimum Gasteiger partial charge on any atom is -0.493 e. The summed E-state index contributed by atoms with van der Waals surface area (Å²) in [6.07, 6.45) is 6.25. The lowest BCUT2D eigenvalue weighted by molar-refractivity contribution is 0.327. The zero-order valence-corrected chi connectivity index (χ0v) is 16.0. The summed E-state index contributed by atoms with van der Waals surface area (Å²) in [4.78, 5) is 6.98. The molecule has 3 aromatic heterocycles. The standard InChI is InChI=1S/C20H19N5OS/c1-12(2)25-20(21-11-24-25)19-8-16-15-4-3-13(14-9-22-23-10-14)7-17(15)26-6-5-18(16)27-19/h3-4,7-12H,5-6H2,1-2H3,(H,22,23). The normalized spacial score (nSPS) is 13.1. The van der Waals surface area contributed by atoms with Crippen LogP contribution in [0.15, 0.2) is 43.0 Å². The van der Waals surface area contributed by atoms with Crippen LogP contribution >= 0.6 is 11.3 Å². The Labute approximate surface area is 160 Å². The number of aromatic amines is 1. The number of rotatable bonds is 3. The molecule has 0 saturated heterocycles. The molecule has 136 valence electrons. The van der Waals surface area contributed by atoms with Crippen LogP contribution in [-0.2, 0) is 6.42 Å². The van der Waals surface area contributed by atoms with Gasteiger partial charge in [-0.05, 0) is 37.6 Å². The van der Waals surface area contributed by atoms with Crippen LogP contribution in [0.25, 0.3) is 33.0 Å². The van der Waals surface area contributed by atoms with Gasteiger partial charge in [-0.2, -0.15) is 10.2 Å². The average Bonchev–Trinajstić information content (AvgIpc) is 3.40. The van der Waals surface area contributed by atoms with E-state index in [0.717, 1.165) is 39.6 Å². The van der Waals surface area contributed by atoms with Crippen LogP contribution in [0.2, 0.25) is 0 Å². The van der Waals surface area contributed by atoms with Crippen molar-refractivity contribution in [1.82, 2.24) is 25.0 Å². The summed E-state index contributed by atoms with van der Waals surface area (Å²) in [5, 5.41) is 11.3. The molecule has 0 fully saturated rings. The lowest BCUT2D eigenvalue weighted by atomic mass is 10.0. The Bertz CT molecular complexity index is 1090. The van der Waals surface area contributed by atoms with Gasteiger partial charge >= 0.3 is 0 Å². The summed E-state index contributed by atoms with van der Waals surface area (Å²) in [6.45, 7) is 4.92. The molecule has 0 spiro atoms. The Morgan fingerprint density at radius 3 is 2.93 bits per heavy atom. The van der Waals surface area contributed by atoms with Crippen molar-refractivity contribution in [3.05, 3.63) is 47.9 Å². The molecule has 1 N–H and O–H groups in total. The maximum atomic E-state index is 6.06. The van der Waals surface area contributed by atoms with Gasteiger partial charge in [0, 0.05) is 40.2 Å². The quantitative estimate of drug-likeness (QED) is 0.567. The molecule has 1 aromatic carbocycles. The van der Waals surface area contributed by atoms with Gasteiger partial charge in [-0.25, -0.2) is 9.67 Å². The molecule has 1 aliphatic heterocycles. The Balaban J connectivity index is 1.61. The summed E-state index contributed by atoms with van der Waals surface area (Å²) >= 11 is 1.79. The third-order valence-electron chi connectivity index (χ3n) is 4.78. The van der Waals surface area contributed by atoms with Crippen LogP contribution in [0.1, 0.15) is 24.8 Å². The maximum absolute atomic E-state index is 6.06. The first-order valence-electron chi connectivity index (χ1n) is 8.99. The number of fused-ring (bicyclic) bond motifs is 3. The van der Waals surface area contributed by atoms with Crippen molar-refractivity contribution >= 4 is 11.3 Å². The third kappa shape index (κ3) is 2.75.